The molecule has 0 aromatic heterocycles. The molecule has 3 atom stereocenters. The molecule has 3 unspecified atom stereocenters. The van der Waals surface area contributed by atoms with Crippen LogP contribution < -0.4 is 0 Å². The zero-order valence-corrected chi connectivity index (χ0v) is 5.54. The van der Waals surface area contributed by atoms with E-state index in [-0.39, 0.29) is 18.0 Å². The van der Waals surface area contributed by atoms with Crippen LogP contribution in [0.4, 0.5) is 0 Å². The summed E-state index contributed by atoms with van der Waals surface area (Å²) in [4.78, 5) is 11.0. The summed E-state index contributed by atoms with van der Waals surface area (Å²) in [6.45, 7) is 0. The lowest BCUT2D eigenvalue weighted by molar-refractivity contribution is -0.143. The zero-order chi connectivity index (χ0) is 6.72. The van der Waals surface area contributed by atoms with Crippen LogP contribution in [0, 0.1) is 11.8 Å². The second-order valence-electron chi connectivity index (χ2n) is 3.38. The van der Waals surface area contributed by atoms with Gasteiger partial charge in [-0.25, -0.2) is 0 Å². The maximum Gasteiger partial charge on any atom is 0.313 e. The topological polar surface area (TPSA) is 26.3 Å². The van der Waals surface area contributed by atoms with E-state index in [1.807, 2.05) is 0 Å². The van der Waals surface area contributed by atoms with Crippen molar-refractivity contribution in [3.63, 3.8) is 0 Å². The van der Waals surface area contributed by atoms with Crippen LogP contribution in [0.1, 0.15) is 12.8 Å². The molecule has 1 heterocycles. The predicted octanol–water partition coefficient (Wildman–Crippen LogP) is 0.878. The zero-order valence-electron chi connectivity index (χ0n) is 5.54. The highest BCUT2D eigenvalue weighted by Gasteiger charge is 2.50. The molecule has 0 spiro atoms. The number of allylic oxidation sites excluding steroid dienone is 1. The van der Waals surface area contributed by atoms with Gasteiger partial charge in [-0.2, -0.15) is 0 Å². The van der Waals surface area contributed by atoms with Gasteiger partial charge in [0.05, 0.1) is 5.92 Å². The van der Waals surface area contributed by atoms with E-state index in [0.29, 0.717) is 5.92 Å². The van der Waals surface area contributed by atoms with Crippen molar-refractivity contribution >= 4 is 5.97 Å². The normalized spacial score (nSPS) is 47.8. The van der Waals surface area contributed by atoms with Crippen LogP contribution in [-0.2, 0) is 9.53 Å². The predicted molar refractivity (Wildman–Crippen MR) is 34.2 cm³/mol. The molecule has 3 rings (SSSR count). The third-order valence-electron chi connectivity index (χ3n) is 2.80. The Morgan fingerprint density at radius 2 is 2.40 bits per heavy atom. The van der Waals surface area contributed by atoms with Crippen LogP contribution in [0.3, 0.4) is 0 Å². The molecule has 0 N–H and O–H groups in total. The van der Waals surface area contributed by atoms with E-state index in [1.54, 1.807) is 0 Å². The van der Waals surface area contributed by atoms with Crippen LogP contribution >= 0.6 is 0 Å². The average molecular weight is 136 g/mol. The van der Waals surface area contributed by atoms with E-state index in [1.165, 1.54) is 5.57 Å². The standard InChI is InChI=1S/C8H8O2/c9-8-6-2-4-1-5(6)7(3-4)10-8/h1,4,6-7H,2-3H2. The highest BCUT2D eigenvalue weighted by molar-refractivity contribution is 5.81. The summed E-state index contributed by atoms with van der Waals surface area (Å²) in [7, 11) is 0. The van der Waals surface area contributed by atoms with Gasteiger partial charge in [-0.1, -0.05) is 6.08 Å². The first kappa shape index (κ1) is 4.94. The first-order valence-corrected chi connectivity index (χ1v) is 3.76. The lowest BCUT2D eigenvalue weighted by Gasteiger charge is -2.11. The van der Waals surface area contributed by atoms with Gasteiger partial charge in [0, 0.05) is 0 Å². The molecule has 2 aliphatic carbocycles. The number of esters is 1. The van der Waals surface area contributed by atoms with Crippen molar-refractivity contribution in [2.24, 2.45) is 11.8 Å². The van der Waals surface area contributed by atoms with Gasteiger partial charge in [-0.3, -0.25) is 4.79 Å². The van der Waals surface area contributed by atoms with Gasteiger partial charge in [0.2, 0.25) is 0 Å². The van der Waals surface area contributed by atoms with Crippen molar-refractivity contribution in [1.29, 1.82) is 0 Å². The van der Waals surface area contributed by atoms with Gasteiger partial charge in [0.15, 0.2) is 0 Å². The molecule has 0 radical (unpaired) electrons. The van der Waals surface area contributed by atoms with Crippen molar-refractivity contribution in [1.82, 2.24) is 0 Å². The Labute approximate surface area is 58.9 Å². The molecule has 0 saturated carbocycles. The van der Waals surface area contributed by atoms with Crippen molar-refractivity contribution in [2.45, 2.75) is 18.9 Å². The van der Waals surface area contributed by atoms with Crippen LogP contribution in [0.25, 0.3) is 0 Å². The minimum atomic E-state index is 0.0243. The Morgan fingerprint density at radius 3 is 3.00 bits per heavy atom. The van der Waals surface area contributed by atoms with Crippen LogP contribution in [0.2, 0.25) is 0 Å². The summed E-state index contributed by atoms with van der Waals surface area (Å²) < 4.78 is 5.13. The number of hydrogen-bond donors (Lipinski definition) is 0. The SMILES string of the molecule is O=C1OC2CC3C=C2C1C3. The molecule has 2 nitrogen and oxygen atoms in total. The minimum Gasteiger partial charge on any atom is -0.457 e. The fourth-order valence-electron chi connectivity index (χ4n) is 2.37. The van der Waals surface area contributed by atoms with Gasteiger partial charge >= 0.3 is 5.97 Å². The van der Waals surface area contributed by atoms with Crippen molar-refractivity contribution in [3.05, 3.63) is 11.6 Å². The molecular formula is C8H8O2. The lowest BCUT2D eigenvalue weighted by Crippen LogP contribution is -2.11. The fraction of sp³-hybridized carbons (Fsp3) is 0.625. The summed E-state index contributed by atoms with van der Waals surface area (Å²) >= 11 is 0. The van der Waals surface area contributed by atoms with Crippen LogP contribution in [-0.4, -0.2) is 12.1 Å². The molecule has 1 aliphatic heterocycles. The Morgan fingerprint density at radius 1 is 1.50 bits per heavy atom. The summed E-state index contributed by atoms with van der Waals surface area (Å²) in [5.74, 6) is 0.858. The largest absolute Gasteiger partial charge is 0.457 e. The summed E-state index contributed by atoms with van der Waals surface area (Å²) in [6, 6.07) is 0. The third kappa shape index (κ3) is 0.376. The maximum absolute atomic E-state index is 11.0. The van der Waals surface area contributed by atoms with Gasteiger partial charge in [-0.05, 0) is 24.3 Å². The first-order valence-electron chi connectivity index (χ1n) is 3.76. The highest BCUT2D eigenvalue weighted by atomic mass is 16.6. The minimum absolute atomic E-state index is 0.0243. The molecule has 2 heteroatoms. The summed E-state index contributed by atoms with van der Waals surface area (Å²) in [5, 5.41) is 0. The number of hydrogen-bond acceptors (Lipinski definition) is 2. The number of ether oxygens (including phenoxy) is 1. The fourth-order valence-corrected chi connectivity index (χ4v) is 2.37. The van der Waals surface area contributed by atoms with E-state index in [0.717, 1.165) is 12.8 Å². The quantitative estimate of drug-likeness (QED) is 0.365. The Balaban J connectivity index is 2.14. The van der Waals surface area contributed by atoms with E-state index in [9.17, 15) is 4.79 Å². The van der Waals surface area contributed by atoms with E-state index in [2.05, 4.69) is 6.08 Å². The number of rotatable bonds is 0. The van der Waals surface area contributed by atoms with Crippen molar-refractivity contribution in [2.75, 3.05) is 0 Å². The molecule has 10 heavy (non-hydrogen) atoms. The number of carbonyl (C=O) groups excluding carboxylic acids is 1. The average Bonchev–Trinajstić information content (AvgIpc) is 2.44. The number of fused-ring (bicyclic) bond motifs is 1. The lowest BCUT2D eigenvalue weighted by atomic mass is 9.90. The van der Waals surface area contributed by atoms with Crippen molar-refractivity contribution < 1.29 is 9.53 Å². The second kappa shape index (κ2) is 1.29. The highest BCUT2D eigenvalue weighted by Crippen LogP contribution is 2.49. The summed E-state index contributed by atoms with van der Waals surface area (Å²) in [5.41, 5.74) is 1.29. The third-order valence-corrected chi connectivity index (χ3v) is 2.80. The molecule has 0 aromatic rings. The smallest absolute Gasteiger partial charge is 0.313 e. The maximum atomic E-state index is 11.0. The van der Waals surface area contributed by atoms with Gasteiger partial charge < -0.3 is 4.74 Å². The molecule has 52 valence electrons. The van der Waals surface area contributed by atoms with E-state index in [4.69, 9.17) is 4.74 Å². The monoisotopic (exact) mass is 136 g/mol. The van der Waals surface area contributed by atoms with E-state index < -0.39 is 0 Å². The number of carbonyl (C=O) groups is 1. The first-order chi connectivity index (χ1) is 4.84. The summed E-state index contributed by atoms with van der Waals surface area (Å²) in [6.07, 6.45) is 4.53. The Kier molecular flexibility index (Phi) is 0.636. The Hall–Kier alpha value is -0.790. The van der Waals surface area contributed by atoms with Crippen LogP contribution in [0.15, 0.2) is 11.6 Å². The second-order valence-corrected chi connectivity index (χ2v) is 3.38. The molecular weight excluding hydrogens is 128 g/mol. The van der Waals surface area contributed by atoms with Crippen LogP contribution in [0.5, 0.6) is 0 Å². The Bertz CT molecular complexity index is 242. The van der Waals surface area contributed by atoms with Gasteiger partial charge in [0.25, 0.3) is 0 Å². The molecule has 0 amide bonds. The van der Waals surface area contributed by atoms with Gasteiger partial charge in [0.1, 0.15) is 6.10 Å². The van der Waals surface area contributed by atoms with Gasteiger partial charge in [-0.15, -0.1) is 0 Å². The van der Waals surface area contributed by atoms with Crippen molar-refractivity contribution in [3.8, 4) is 0 Å². The molecule has 1 fully saturated rings. The molecule has 3 aliphatic rings. The molecule has 2 bridgehead atoms. The molecule has 1 saturated heterocycles. The molecule has 0 aromatic carbocycles. The van der Waals surface area contributed by atoms with E-state index >= 15 is 0 Å².